The van der Waals surface area contributed by atoms with Crippen LogP contribution in [-0.4, -0.2) is 21.3 Å². The van der Waals surface area contributed by atoms with E-state index in [4.69, 9.17) is 0 Å². The van der Waals surface area contributed by atoms with Crippen LogP contribution in [0.5, 0.6) is 0 Å². The van der Waals surface area contributed by atoms with Crippen LogP contribution in [0.15, 0.2) is 12.4 Å². The van der Waals surface area contributed by atoms with Crippen LogP contribution in [0.4, 0.5) is 0 Å². The van der Waals surface area contributed by atoms with Crippen molar-refractivity contribution < 1.29 is 5.11 Å². The Bertz CT molecular complexity index is 463. The highest BCUT2D eigenvalue weighted by atomic mass is 16.3. The molecule has 1 saturated carbocycles. The molecule has 3 heteroatoms. The van der Waals surface area contributed by atoms with Crippen molar-refractivity contribution in [3.63, 3.8) is 0 Å². The minimum Gasteiger partial charge on any atom is -0.396 e. The number of nitrogens with zero attached hydrogens (tertiary/aromatic N) is 2. The van der Waals surface area contributed by atoms with Crippen LogP contribution in [0.3, 0.4) is 0 Å². The van der Waals surface area contributed by atoms with E-state index < -0.39 is 0 Å². The minimum atomic E-state index is 0.359. The van der Waals surface area contributed by atoms with Gasteiger partial charge >= 0.3 is 0 Å². The Labute approximate surface area is 115 Å². The lowest BCUT2D eigenvalue weighted by molar-refractivity contribution is 0.152. The SMILES string of the molecule is CC1CC=Cc2ncn(CC3CCCC(CO)C3)c21. The average Bonchev–Trinajstić information content (AvgIpc) is 2.84. The second-order valence-electron chi connectivity index (χ2n) is 6.29. The molecular formula is C16H24N2O. The number of aliphatic hydroxyl groups excluding tert-OH is 1. The van der Waals surface area contributed by atoms with Gasteiger partial charge in [-0.3, -0.25) is 0 Å². The first kappa shape index (κ1) is 12.9. The van der Waals surface area contributed by atoms with Gasteiger partial charge in [-0.15, -0.1) is 0 Å². The molecule has 104 valence electrons. The van der Waals surface area contributed by atoms with E-state index in [1.54, 1.807) is 0 Å². The van der Waals surface area contributed by atoms with Gasteiger partial charge in [0, 0.05) is 24.8 Å². The smallest absolute Gasteiger partial charge is 0.0955 e. The summed E-state index contributed by atoms with van der Waals surface area (Å²) in [5.41, 5.74) is 2.57. The highest BCUT2D eigenvalue weighted by Crippen LogP contribution is 2.33. The third-order valence-corrected chi connectivity index (χ3v) is 4.74. The molecule has 2 aliphatic rings. The molecule has 1 heterocycles. The van der Waals surface area contributed by atoms with Gasteiger partial charge in [0.1, 0.15) is 0 Å². The van der Waals surface area contributed by atoms with Gasteiger partial charge in [-0.1, -0.05) is 19.4 Å². The number of rotatable bonds is 3. The van der Waals surface area contributed by atoms with Crippen LogP contribution in [-0.2, 0) is 6.54 Å². The van der Waals surface area contributed by atoms with Crippen molar-refractivity contribution in [1.82, 2.24) is 9.55 Å². The second kappa shape index (κ2) is 5.49. The maximum Gasteiger partial charge on any atom is 0.0955 e. The summed E-state index contributed by atoms with van der Waals surface area (Å²) in [6.45, 7) is 3.73. The Kier molecular flexibility index (Phi) is 3.74. The van der Waals surface area contributed by atoms with Crippen molar-refractivity contribution in [2.75, 3.05) is 6.61 Å². The lowest BCUT2D eigenvalue weighted by Crippen LogP contribution is -2.23. The Balaban J connectivity index is 1.73. The first-order valence-corrected chi connectivity index (χ1v) is 7.60. The van der Waals surface area contributed by atoms with Crippen molar-refractivity contribution in [2.45, 2.75) is 51.5 Å². The molecule has 3 atom stereocenters. The highest BCUT2D eigenvalue weighted by Gasteiger charge is 2.24. The first-order valence-electron chi connectivity index (χ1n) is 7.60. The number of hydrogen-bond donors (Lipinski definition) is 1. The summed E-state index contributed by atoms with van der Waals surface area (Å²) in [5, 5.41) is 9.34. The first-order chi connectivity index (χ1) is 9.28. The van der Waals surface area contributed by atoms with Crippen LogP contribution < -0.4 is 0 Å². The molecule has 1 aromatic heterocycles. The topological polar surface area (TPSA) is 38.0 Å². The van der Waals surface area contributed by atoms with E-state index in [0.717, 1.165) is 18.7 Å². The zero-order chi connectivity index (χ0) is 13.2. The molecule has 1 N–H and O–H groups in total. The molecule has 0 saturated heterocycles. The molecule has 1 fully saturated rings. The van der Waals surface area contributed by atoms with Gasteiger partial charge in [0.25, 0.3) is 0 Å². The van der Waals surface area contributed by atoms with Gasteiger partial charge in [0.2, 0.25) is 0 Å². The normalized spacial score (nSPS) is 30.3. The van der Waals surface area contributed by atoms with Crippen molar-refractivity contribution in [2.24, 2.45) is 11.8 Å². The molecule has 0 aromatic carbocycles. The molecule has 0 spiro atoms. The number of allylic oxidation sites excluding steroid dienone is 1. The number of hydrogen-bond acceptors (Lipinski definition) is 2. The summed E-state index contributed by atoms with van der Waals surface area (Å²) in [6, 6.07) is 0. The van der Waals surface area contributed by atoms with Gasteiger partial charge < -0.3 is 9.67 Å². The van der Waals surface area contributed by atoms with Crippen molar-refractivity contribution in [3.8, 4) is 0 Å². The monoisotopic (exact) mass is 260 g/mol. The average molecular weight is 260 g/mol. The molecule has 0 aliphatic heterocycles. The lowest BCUT2D eigenvalue weighted by atomic mass is 9.81. The summed E-state index contributed by atoms with van der Waals surface area (Å²) in [4.78, 5) is 4.54. The molecular weight excluding hydrogens is 236 g/mol. The predicted molar refractivity (Wildman–Crippen MR) is 76.8 cm³/mol. The molecule has 3 rings (SSSR count). The lowest BCUT2D eigenvalue weighted by Gasteiger charge is -2.29. The fourth-order valence-electron chi connectivity index (χ4n) is 3.72. The Morgan fingerprint density at radius 2 is 2.21 bits per heavy atom. The predicted octanol–water partition coefficient (Wildman–Crippen LogP) is 3.20. The molecule has 19 heavy (non-hydrogen) atoms. The van der Waals surface area contributed by atoms with E-state index in [9.17, 15) is 5.11 Å². The van der Waals surface area contributed by atoms with Crippen molar-refractivity contribution in [3.05, 3.63) is 23.8 Å². The minimum absolute atomic E-state index is 0.359. The van der Waals surface area contributed by atoms with E-state index in [-0.39, 0.29) is 0 Å². The van der Waals surface area contributed by atoms with E-state index >= 15 is 0 Å². The zero-order valence-electron chi connectivity index (χ0n) is 11.8. The van der Waals surface area contributed by atoms with Crippen LogP contribution in [0.1, 0.15) is 56.3 Å². The number of aliphatic hydroxyl groups is 1. The van der Waals surface area contributed by atoms with Crippen LogP contribution in [0, 0.1) is 11.8 Å². The summed E-state index contributed by atoms with van der Waals surface area (Å²) < 4.78 is 2.37. The largest absolute Gasteiger partial charge is 0.396 e. The summed E-state index contributed by atoms with van der Waals surface area (Å²) in [6.07, 6.45) is 12.5. The van der Waals surface area contributed by atoms with Crippen molar-refractivity contribution in [1.29, 1.82) is 0 Å². The molecule has 3 unspecified atom stereocenters. The van der Waals surface area contributed by atoms with Gasteiger partial charge in [-0.25, -0.2) is 4.98 Å². The van der Waals surface area contributed by atoms with Crippen LogP contribution in [0.25, 0.3) is 6.08 Å². The van der Waals surface area contributed by atoms with Gasteiger partial charge in [-0.2, -0.15) is 0 Å². The number of imidazole rings is 1. The third-order valence-electron chi connectivity index (χ3n) is 4.74. The third kappa shape index (κ3) is 2.62. The fourth-order valence-corrected chi connectivity index (χ4v) is 3.72. The van der Waals surface area contributed by atoms with E-state index in [1.807, 2.05) is 6.33 Å². The van der Waals surface area contributed by atoms with Crippen molar-refractivity contribution >= 4 is 6.08 Å². The molecule has 0 amide bonds. The van der Waals surface area contributed by atoms with Crippen LogP contribution in [0.2, 0.25) is 0 Å². The van der Waals surface area contributed by atoms with E-state index in [2.05, 4.69) is 28.6 Å². The Morgan fingerprint density at radius 1 is 1.37 bits per heavy atom. The standard InChI is InChI=1S/C16H24N2O/c1-12-4-2-7-15-16(12)18(11-17-15)9-13-5-3-6-14(8-13)10-19/h2,7,11-14,19H,3-6,8-10H2,1H3. The molecule has 0 radical (unpaired) electrons. The van der Waals surface area contributed by atoms with Gasteiger partial charge in [-0.05, 0) is 43.6 Å². The van der Waals surface area contributed by atoms with E-state index in [1.165, 1.54) is 31.4 Å². The van der Waals surface area contributed by atoms with E-state index in [0.29, 0.717) is 24.4 Å². The number of aromatic nitrogens is 2. The highest BCUT2D eigenvalue weighted by molar-refractivity contribution is 5.51. The molecule has 3 nitrogen and oxygen atoms in total. The van der Waals surface area contributed by atoms with Crippen LogP contribution >= 0.6 is 0 Å². The number of fused-ring (bicyclic) bond motifs is 1. The summed E-state index contributed by atoms with van der Waals surface area (Å²) in [7, 11) is 0. The maximum atomic E-state index is 9.34. The molecule has 2 aliphatic carbocycles. The summed E-state index contributed by atoms with van der Waals surface area (Å²) >= 11 is 0. The second-order valence-corrected chi connectivity index (χ2v) is 6.29. The fraction of sp³-hybridized carbons (Fsp3) is 0.688. The molecule has 1 aromatic rings. The zero-order valence-corrected chi connectivity index (χ0v) is 11.8. The van der Waals surface area contributed by atoms with Gasteiger partial charge in [0.15, 0.2) is 0 Å². The maximum absolute atomic E-state index is 9.34. The Morgan fingerprint density at radius 3 is 3.05 bits per heavy atom. The molecule has 0 bridgehead atoms. The Hall–Kier alpha value is -1.09. The summed E-state index contributed by atoms with van der Waals surface area (Å²) in [5.74, 6) is 1.82. The van der Waals surface area contributed by atoms with Gasteiger partial charge in [0.05, 0.1) is 12.0 Å². The quantitative estimate of drug-likeness (QED) is 0.906.